The molecule has 182 valence electrons. The maximum Gasteiger partial charge on any atom is 0.573 e. The highest BCUT2D eigenvalue weighted by molar-refractivity contribution is 7.85. The molecule has 0 saturated heterocycles. The standard InChI is InChI=1S/C22H25F3O7S/c23-22(24,25)32-18-8-7-17(20(26)30-13-14-33(27,28)29)15-19(18)31-21(10-3-4-11-21)12-9-16-5-1-2-6-16/h7-8,15-16H,1-6,10-11,13-14H2,(H,27,28,29)/p-1. The number of carbonyl (C=O) groups excluding carboxylic acids is 1. The summed E-state index contributed by atoms with van der Waals surface area (Å²) in [7, 11) is -4.59. The third-order valence-corrected chi connectivity index (χ3v) is 6.21. The summed E-state index contributed by atoms with van der Waals surface area (Å²) in [5.41, 5.74) is -1.18. The zero-order chi connectivity index (χ0) is 24.1. The molecular formula is C22H24F3O7S-. The van der Waals surface area contributed by atoms with Crippen LogP contribution in [-0.2, 0) is 14.9 Å². The Kier molecular flexibility index (Phi) is 7.80. The van der Waals surface area contributed by atoms with Crippen molar-refractivity contribution in [2.75, 3.05) is 12.4 Å². The molecule has 0 aliphatic heterocycles. The van der Waals surface area contributed by atoms with E-state index in [-0.39, 0.29) is 17.2 Å². The van der Waals surface area contributed by atoms with Crippen LogP contribution >= 0.6 is 0 Å². The fourth-order valence-corrected chi connectivity index (χ4v) is 4.24. The van der Waals surface area contributed by atoms with E-state index in [0.29, 0.717) is 12.8 Å². The minimum absolute atomic E-state index is 0.181. The third-order valence-electron chi connectivity index (χ3n) is 5.55. The zero-order valence-corrected chi connectivity index (χ0v) is 18.6. The van der Waals surface area contributed by atoms with Crippen LogP contribution in [0.2, 0.25) is 0 Å². The van der Waals surface area contributed by atoms with Crippen molar-refractivity contribution in [1.82, 2.24) is 0 Å². The Morgan fingerprint density at radius 2 is 1.79 bits per heavy atom. The predicted octanol–water partition coefficient (Wildman–Crippen LogP) is 4.17. The van der Waals surface area contributed by atoms with Gasteiger partial charge in [0, 0.05) is 5.92 Å². The third kappa shape index (κ3) is 7.82. The van der Waals surface area contributed by atoms with Gasteiger partial charge in [0.05, 0.1) is 21.4 Å². The molecule has 0 N–H and O–H groups in total. The van der Waals surface area contributed by atoms with E-state index in [9.17, 15) is 30.9 Å². The predicted molar refractivity (Wildman–Crippen MR) is 110 cm³/mol. The van der Waals surface area contributed by atoms with Gasteiger partial charge in [0.1, 0.15) is 6.61 Å². The number of ether oxygens (including phenoxy) is 3. The van der Waals surface area contributed by atoms with Gasteiger partial charge in [-0.2, -0.15) is 0 Å². The summed E-state index contributed by atoms with van der Waals surface area (Å²) in [6.07, 6.45) is 1.78. The van der Waals surface area contributed by atoms with E-state index in [1.54, 1.807) is 0 Å². The summed E-state index contributed by atoms with van der Waals surface area (Å²) in [4.78, 5) is 12.2. The summed E-state index contributed by atoms with van der Waals surface area (Å²) in [5.74, 6) is 3.71. The van der Waals surface area contributed by atoms with Gasteiger partial charge in [-0.25, -0.2) is 13.2 Å². The van der Waals surface area contributed by atoms with Crippen molar-refractivity contribution < 1.29 is 45.1 Å². The average molecular weight is 489 g/mol. The number of rotatable bonds is 7. The number of alkyl halides is 3. The van der Waals surface area contributed by atoms with E-state index in [1.165, 1.54) is 0 Å². The Labute approximate surface area is 190 Å². The lowest BCUT2D eigenvalue weighted by Crippen LogP contribution is -2.31. The first-order valence-electron chi connectivity index (χ1n) is 10.7. The first kappa shape index (κ1) is 25.2. The van der Waals surface area contributed by atoms with Crippen LogP contribution in [0.5, 0.6) is 11.5 Å². The monoisotopic (exact) mass is 489 g/mol. The minimum Gasteiger partial charge on any atom is -0.748 e. The van der Waals surface area contributed by atoms with Crippen LogP contribution in [0.1, 0.15) is 61.7 Å². The van der Waals surface area contributed by atoms with Crippen molar-refractivity contribution in [3.8, 4) is 23.3 Å². The first-order valence-corrected chi connectivity index (χ1v) is 12.2. The van der Waals surface area contributed by atoms with Crippen LogP contribution in [0.25, 0.3) is 0 Å². The number of benzene rings is 1. The number of esters is 1. The van der Waals surface area contributed by atoms with Crippen LogP contribution in [0.15, 0.2) is 18.2 Å². The number of halogens is 3. The molecule has 0 bridgehead atoms. The molecule has 33 heavy (non-hydrogen) atoms. The largest absolute Gasteiger partial charge is 0.748 e. The summed E-state index contributed by atoms with van der Waals surface area (Å²) >= 11 is 0. The molecule has 1 aromatic rings. The molecule has 0 amide bonds. The topological polar surface area (TPSA) is 102 Å². The Hall–Kier alpha value is -2.45. The second-order valence-corrected chi connectivity index (χ2v) is 9.68. The van der Waals surface area contributed by atoms with Crippen molar-refractivity contribution in [3.63, 3.8) is 0 Å². The molecule has 0 atom stereocenters. The SMILES string of the molecule is O=C(OCCS(=O)(=O)[O-])c1ccc(OC(F)(F)F)c(OC2(C#CC3CCCC3)CCCC2)c1. The molecule has 11 heteroatoms. The fourth-order valence-electron chi connectivity index (χ4n) is 3.96. The van der Waals surface area contributed by atoms with Crippen molar-refractivity contribution in [2.24, 2.45) is 5.92 Å². The van der Waals surface area contributed by atoms with E-state index in [1.807, 2.05) is 0 Å². The van der Waals surface area contributed by atoms with Crippen molar-refractivity contribution in [2.45, 2.75) is 63.3 Å². The van der Waals surface area contributed by atoms with Crippen LogP contribution in [-0.4, -0.2) is 43.3 Å². The van der Waals surface area contributed by atoms with Crippen molar-refractivity contribution >= 4 is 16.1 Å². The summed E-state index contributed by atoms with van der Waals surface area (Å²) < 4.78 is 85.6. The van der Waals surface area contributed by atoms with Gasteiger partial charge in [0.25, 0.3) is 0 Å². The molecule has 0 unspecified atom stereocenters. The first-order chi connectivity index (χ1) is 15.4. The molecule has 7 nitrogen and oxygen atoms in total. The Bertz CT molecular complexity index is 1010. The van der Waals surface area contributed by atoms with E-state index in [2.05, 4.69) is 16.6 Å². The number of hydrogen-bond acceptors (Lipinski definition) is 7. The molecule has 3 rings (SSSR count). The average Bonchev–Trinajstić information content (AvgIpc) is 3.38. The highest BCUT2D eigenvalue weighted by Crippen LogP contribution is 2.40. The molecule has 0 aromatic heterocycles. The molecular weight excluding hydrogens is 465 g/mol. The lowest BCUT2D eigenvalue weighted by Gasteiger charge is -2.26. The van der Waals surface area contributed by atoms with E-state index >= 15 is 0 Å². The molecule has 2 saturated carbocycles. The number of hydrogen-bond donors (Lipinski definition) is 0. The van der Waals surface area contributed by atoms with Gasteiger partial charge >= 0.3 is 12.3 Å². The number of carbonyl (C=O) groups is 1. The zero-order valence-electron chi connectivity index (χ0n) is 17.8. The van der Waals surface area contributed by atoms with Gasteiger partial charge in [0.2, 0.25) is 0 Å². The molecule has 2 aliphatic rings. The van der Waals surface area contributed by atoms with Gasteiger partial charge in [-0.3, -0.25) is 0 Å². The van der Waals surface area contributed by atoms with E-state index in [0.717, 1.165) is 56.7 Å². The molecule has 0 spiro atoms. The molecule has 1 aromatic carbocycles. The van der Waals surface area contributed by atoms with Gasteiger partial charge in [-0.1, -0.05) is 24.7 Å². The maximum atomic E-state index is 12.9. The summed E-state index contributed by atoms with van der Waals surface area (Å²) in [5, 5.41) is 0. The summed E-state index contributed by atoms with van der Waals surface area (Å²) in [6.45, 7) is -0.682. The smallest absolute Gasteiger partial charge is 0.573 e. The van der Waals surface area contributed by atoms with Gasteiger partial charge in [0.15, 0.2) is 17.1 Å². The highest BCUT2D eigenvalue weighted by Gasteiger charge is 2.38. The van der Waals surface area contributed by atoms with Crippen LogP contribution in [0, 0.1) is 17.8 Å². The van der Waals surface area contributed by atoms with Crippen LogP contribution in [0.3, 0.4) is 0 Å². The van der Waals surface area contributed by atoms with Crippen molar-refractivity contribution in [3.05, 3.63) is 23.8 Å². The molecule has 2 aliphatic carbocycles. The Morgan fingerprint density at radius 1 is 1.12 bits per heavy atom. The molecule has 2 fully saturated rings. The lowest BCUT2D eigenvalue weighted by atomic mass is 10.00. The van der Waals surface area contributed by atoms with Gasteiger partial charge < -0.3 is 18.8 Å². The Balaban J connectivity index is 1.86. The summed E-state index contributed by atoms with van der Waals surface area (Å²) in [6, 6.07) is 3.01. The van der Waals surface area contributed by atoms with Gasteiger partial charge in [-0.05, 0) is 56.7 Å². The Morgan fingerprint density at radius 3 is 2.39 bits per heavy atom. The lowest BCUT2D eigenvalue weighted by molar-refractivity contribution is -0.275. The second kappa shape index (κ2) is 10.2. The van der Waals surface area contributed by atoms with Gasteiger partial charge in [-0.15, -0.1) is 13.2 Å². The quantitative estimate of drug-likeness (QED) is 0.322. The minimum atomic E-state index is -4.99. The molecule has 0 heterocycles. The van der Waals surface area contributed by atoms with Crippen LogP contribution in [0.4, 0.5) is 13.2 Å². The molecule has 0 radical (unpaired) electrons. The normalized spacial score (nSPS) is 18.4. The fraction of sp³-hybridized carbons (Fsp3) is 0.591. The second-order valence-electron chi connectivity index (χ2n) is 8.16. The highest BCUT2D eigenvalue weighted by atomic mass is 32.2. The van der Waals surface area contributed by atoms with E-state index < -0.39 is 46.2 Å². The van der Waals surface area contributed by atoms with Crippen LogP contribution < -0.4 is 9.47 Å². The maximum absolute atomic E-state index is 12.9. The van der Waals surface area contributed by atoms with E-state index in [4.69, 9.17) is 9.47 Å². The van der Waals surface area contributed by atoms with Crippen molar-refractivity contribution in [1.29, 1.82) is 0 Å².